The molecule has 0 aliphatic heterocycles. The zero-order valence-corrected chi connectivity index (χ0v) is 4.02. The van der Waals surface area contributed by atoms with Crippen molar-refractivity contribution in [3.63, 3.8) is 0 Å². The highest BCUT2D eigenvalue weighted by Crippen LogP contribution is 1.89. The zero-order chi connectivity index (χ0) is 3.58. The Labute approximate surface area is 29.8 Å². The Kier molecular flexibility index (Phi) is 1.91. The summed E-state index contributed by atoms with van der Waals surface area (Å²) in [6.07, 6.45) is 0. The fraction of sp³-hybridized carbons (Fsp3) is 0.667. The van der Waals surface area contributed by atoms with Crippen molar-refractivity contribution in [3.05, 3.63) is 6.92 Å². The quantitative estimate of drug-likeness (QED) is 0.378. The van der Waals surface area contributed by atoms with E-state index >= 15 is 0 Å². The van der Waals surface area contributed by atoms with Gasteiger partial charge in [-0.2, -0.15) is 0 Å². The van der Waals surface area contributed by atoms with E-state index in [4.69, 9.17) is 0 Å². The predicted molar refractivity (Wildman–Crippen MR) is 24.5 cm³/mol. The van der Waals surface area contributed by atoms with Crippen LogP contribution in [0.2, 0.25) is 0 Å². The van der Waals surface area contributed by atoms with Gasteiger partial charge in [0.15, 0.2) is 0 Å². The molecule has 4 heavy (non-hydrogen) atoms. The molecule has 2 unspecified atom stereocenters. The van der Waals surface area contributed by atoms with E-state index in [9.17, 15) is 0 Å². The summed E-state index contributed by atoms with van der Waals surface area (Å²) in [7, 11) is 2.55. The van der Waals surface area contributed by atoms with Crippen molar-refractivity contribution in [2.75, 3.05) is 0 Å². The van der Waals surface area contributed by atoms with Crippen molar-refractivity contribution in [2.45, 2.75) is 12.6 Å². The molecule has 0 aliphatic rings. The Morgan fingerprint density at radius 1 is 2.00 bits per heavy atom. The third kappa shape index (κ3) is 26.9. The first kappa shape index (κ1) is 4.43. The smallest absolute Gasteiger partial charge is 0.0292 e. The van der Waals surface area contributed by atoms with Crippen LogP contribution in [0.1, 0.15) is 6.92 Å². The summed E-state index contributed by atoms with van der Waals surface area (Å²) >= 11 is 0. The highest BCUT2D eigenvalue weighted by atomic mass is 31.0. The predicted octanol–water partition coefficient (Wildman–Crippen LogP) is 1.08. The van der Waals surface area contributed by atoms with Gasteiger partial charge >= 0.3 is 0 Å². The molecular weight excluding hydrogens is 67.0 g/mol. The van der Waals surface area contributed by atoms with Gasteiger partial charge in [0.1, 0.15) is 0 Å². The minimum absolute atomic E-state index is 0.500. The lowest BCUT2D eigenvalue weighted by Crippen LogP contribution is -1.70. The lowest BCUT2D eigenvalue weighted by molar-refractivity contribution is 1.25. The molecule has 0 aromatic rings. The highest BCUT2D eigenvalue weighted by Gasteiger charge is 1.68. The molecule has 25 valence electrons. The minimum atomic E-state index is 0.500. The molecule has 1 heteroatoms. The number of hydrogen-bond acceptors (Lipinski definition) is 0. The molecule has 0 fully saturated rings. The molecule has 1 radical (unpaired) electrons. The van der Waals surface area contributed by atoms with E-state index < -0.39 is 0 Å². The van der Waals surface area contributed by atoms with Crippen LogP contribution in [-0.4, -0.2) is 5.66 Å². The fourth-order valence-corrected chi connectivity index (χ4v) is 0. The van der Waals surface area contributed by atoms with Crippen molar-refractivity contribution in [1.29, 1.82) is 0 Å². The van der Waals surface area contributed by atoms with Crippen LogP contribution in [0.5, 0.6) is 0 Å². The lowest BCUT2D eigenvalue weighted by atomic mass is 10.6. The van der Waals surface area contributed by atoms with Crippen molar-refractivity contribution < 1.29 is 0 Å². The highest BCUT2D eigenvalue weighted by molar-refractivity contribution is 7.17. The standard InChI is InChI=1S/C3H8P/c1-3(2)4/h3H,1,4H2,2H3. The Hall–Kier alpha value is 0.430. The summed E-state index contributed by atoms with van der Waals surface area (Å²) in [4.78, 5) is 0. The summed E-state index contributed by atoms with van der Waals surface area (Å²) in [6, 6.07) is 0. The molecule has 0 bridgehead atoms. The third-order valence-corrected chi connectivity index (χ3v) is 0. The van der Waals surface area contributed by atoms with Gasteiger partial charge in [-0.25, -0.2) is 0 Å². The molecule has 0 aliphatic carbocycles. The van der Waals surface area contributed by atoms with Crippen molar-refractivity contribution in [1.82, 2.24) is 0 Å². The Morgan fingerprint density at radius 2 is 2.00 bits per heavy atom. The summed E-state index contributed by atoms with van der Waals surface area (Å²) in [5.74, 6) is 0. The monoisotopic (exact) mass is 75.0 g/mol. The molecule has 0 spiro atoms. The van der Waals surface area contributed by atoms with Gasteiger partial charge in [0.05, 0.1) is 0 Å². The molecule has 0 aromatic carbocycles. The maximum absolute atomic E-state index is 3.60. The third-order valence-electron chi connectivity index (χ3n) is 0. The Bertz CT molecular complexity index is 8.00. The molecule has 0 amide bonds. The van der Waals surface area contributed by atoms with Gasteiger partial charge in [-0.3, -0.25) is 0 Å². The number of rotatable bonds is 0. The van der Waals surface area contributed by atoms with Gasteiger partial charge in [-0.1, -0.05) is 6.92 Å². The van der Waals surface area contributed by atoms with Crippen molar-refractivity contribution >= 4 is 9.24 Å². The van der Waals surface area contributed by atoms with E-state index in [1.54, 1.807) is 0 Å². The largest absolute Gasteiger partial charge is 0.135 e. The van der Waals surface area contributed by atoms with Crippen LogP contribution in [0.4, 0.5) is 0 Å². The normalized spacial score (nSPS) is 9.00. The van der Waals surface area contributed by atoms with Crippen LogP contribution < -0.4 is 0 Å². The molecule has 0 saturated heterocycles. The van der Waals surface area contributed by atoms with Gasteiger partial charge in [-0.15, -0.1) is 9.24 Å². The van der Waals surface area contributed by atoms with Gasteiger partial charge in [0, 0.05) is 0 Å². The second-order valence-electron chi connectivity index (χ2n) is 0.977. The molecule has 0 rings (SSSR count). The summed E-state index contributed by atoms with van der Waals surface area (Å²) < 4.78 is 0. The van der Waals surface area contributed by atoms with E-state index in [0.29, 0.717) is 5.66 Å². The van der Waals surface area contributed by atoms with Gasteiger partial charge in [0.2, 0.25) is 0 Å². The van der Waals surface area contributed by atoms with Gasteiger partial charge < -0.3 is 0 Å². The summed E-state index contributed by atoms with van der Waals surface area (Å²) in [5, 5.41) is 0. The molecule has 2 atom stereocenters. The molecule has 0 heterocycles. The number of hydrogen-bond donors (Lipinski definition) is 0. The maximum Gasteiger partial charge on any atom is -0.0292 e. The first-order valence-electron chi connectivity index (χ1n) is 1.32. The van der Waals surface area contributed by atoms with E-state index in [2.05, 4.69) is 16.2 Å². The summed E-state index contributed by atoms with van der Waals surface area (Å²) in [5.41, 5.74) is 0.500. The van der Waals surface area contributed by atoms with Crippen LogP contribution in [0.15, 0.2) is 0 Å². The molecular formula is C3H8P. The lowest BCUT2D eigenvalue weighted by Gasteiger charge is -1.79. The van der Waals surface area contributed by atoms with Crippen LogP contribution >= 0.6 is 9.24 Å². The molecule has 0 aromatic heterocycles. The van der Waals surface area contributed by atoms with Crippen molar-refractivity contribution in [3.8, 4) is 0 Å². The second kappa shape index (κ2) is 1.72. The van der Waals surface area contributed by atoms with Crippen LogP contribution in [-0.2, 0) is 0 Å². The average Bonchev–Trinajstić information content (AvgIpc) is 0.811. The Morgan fingerprint density at radius 3 is 2.00 bits per heavy atom. The van der Waals surface area contributed by atoms with Crippen molar-refractivity contribution in [2.24, 2.45) is 0 Å². The van der Waals surface area contributed by atoms with E-state index in [1.807, 2.05) is 6.92 Å². The topological polar surface area (TPSA) is 0 Å². The first-order chi connectivity index (χ1) is 1.73. The SMILES string of the molecule is [CH2]C(C)P. The van der Waals surface area contributed by atoms with E-state index in [1.165, 1.54) is 0 Å². The average molecular weight is 75.1 g/mol. The van der Waals surface area contributed by atoms with Gasteiger partial charge in [0.25, 0.3) is 0 Å². The Balaban J connectivity index is 2.32. The summed E-state index contributed by atoms with van der Waals surface area (Å²) in [6.45, 7) is 5.62. The minimum Gasteiger partial charge on any atom is -0.135 e. The van der Waals surface area contributed by atoms with E-state index in [-0.39, 0.29) is 0 Å². The van der Waals surface area contributed by atoms with Crippen LogP contribution in [0, 0.1) is 6.92 Å². The maximum atomic E-state index is 3.60. The van der Waals surface area contributed by atoms with Crippen LogP contribution in [0.25, 0.3) is 0 Å². The fourth-order valence-electron chi connectivity index (χ4n) is 0. The first-order valence-corrected chi connectivity index (χ1v) is 1.99. The molecule has 0 nitrogen and oxygen atoms in total. The van der Waals surface area contributed by atoms with E-state index in [0.717, 1.165) is 0 Å². The molecule has 0 N–H and O–H groups in total. The second-order valence-corrected chi connectivity index (χ2v) is 2.12. The zero-order valence-electron chi connectivity index (χ0n) is 2.86. The van der Waals surface area contributed by atoms with Gasteiger partial charge in [-0.05, 0) is 12.6 Å². The molecule has 0 saturated carbocycles. The van der Waals surface area contributed by atoms with Crippen LogP contribution in [0.3, 0.4) is 0 Å².